The normalized spacial score (nSPS) is 15.6. The maximum Gasteiger partial charge on any atom is 0.0408 e. The van der Waals surface area contributed by atoms with Gasteiger partial charge in [-0.1, -0.05) is 44.5 Å². The molecular weight excluding hydrogens is 194 g/mol. The molecule has 14 heavy (non-hydrogen) atoms. The van der Waals surface area contributed by atoms with Crippen LogP contribution in [-0.2, 0) is 0 Å². The van der Waals surface area contributed by atoms with Crippen LogP contribution < -0.4 is 5.73 Å². The van der Waals surface area contributed by atoms with Gasteiger partial charge in [-0.3, -0.25) is 0 Å². The van der Waals surface area contributed by atoms with Gasteiger partial charge in [0.25, 0.3) is 0 Å². The third-order valence-corrected chi connectivity index (χ3v) is 2.96. The lowest BCUT2D eigenvalue weighted by Crippen LogP contribution is -2.32. The van der Waals surface area contributed by atoms with Gasteiger partial charge in [0.2, 0.25) is 0 Å². The molecule has 0 saturated heterocycles. The van der Waals surface area contributed by atoms with E-state index in [0.717, 1.165) is 5.02 Å². The van der Waals surface area contributed by atoms with Crippen LogP contribution in [0, 0.1) is 5.92 Å². The van der Waals surface area contributed by atoms with Crippen LogP contribution in [0.4, 0.5) is 0 Å². The van der Waals surface area contributed by atoms with Crippen molar-refractivity contribution in [3.63, 3.8) is 0 Å². The Hall–Kier alpha value is -0.530. The molecular formula is C12H18ClN. The van der Waals surface area contributed by atoms with Crippen LogP contribution in [0.2, 0.25) is 5.02 Å². The molecule has 0 saturated carbocycles. The van der Waals surface area contributed by atoms with E-state index in [-0.39, 0.29) is 6.04 Å². The van der Waals surface area contributed by atoms with Crippen LogP contribution in [0.1, 0.15) is 32.3 Å². The summed E-state index contributed by atoms with van der Waals surface area (Å²) in [5, 5.41) is 0.783. The number of nitrogens with two attached hydrogens (primary N) is 1. The maximum atomic E-state index is 6.10. The summed E-state index contributed by atoms with van der Waals surface area (Å²) in [6.45, 7) is 6.44. The Balaban J connectivity index is 2.83. The van der Waals surface area contributed by atoms with Crippen molar-refractivity contribution in [3.05, 3.63) is 34.9 Å². The number of halogens is 1. The van der Waals surface area contributed by atoms with E-state index in [1.165, 1.54) is 5.56 Å². The predicted molar refractivity (Wildman–Crippen MR) is 62.7 cm³/mol. The standard InChI is InChI=1S/C12H18ClN/c1-8(2)12(14)9(3)10-5-4-6-11(13)7-10/h4-9,12H,14H2,1-3H3. The summed E-state index contributed by atoms with van der Waals surface area (Å²) in [6.07, 6.45) is 0. The molecule has 0 heterocycles. The fraction of sp³-hybridized carbons (Fsp3) is 0.500. The molecule has 0 aliphatic carbocycles. The molecule has 0 aromatic heterocycles. The van der Waals surface area contributed by atoms with Crippen LogP contribution in [0.5, 0.6) is 0 Å². The molecule has 0 bridgehead atoms. The minimum absolute atomic E-state index is 0.188. The van der Waals surface area contributed by atoms with Crippen LogP contribution in [0.3, 0.4) is 0 Å². The minimum atomic E-state index is 0.188. The van der Waals surface area contributed by atoms with Crippen LogP contribution in [0.15, 0.2) is 24.3 Å². The smallest absolute Gasteiger partial charge is 0.0408 e. The fourth-order valence-electron chi connectivity index (χ4n) is 1.59. The van der Waals surface area contributed by atoms with Crippen molar-refractivity contribution in [2.75, 3.05) is 0 Å². The van der Waals surface area contributed by atoms with Crippen molar-refractivity contribution in [1.29, 1.82) is 0 Å². The van der Waals surface area contributed by atoms with E-state index in [9.17, 15) is 0 Å². The Bertz CT molecular complexity index is 296. The molecule has 0 aliphatic rings. The summed E-state index contributed by atoms with van der Waals surface area (Å²) in [7, 11) is 0. The first-order valence-electron chi connectivity index (χ1n) is 5.03. The lowest BCUT2D eigenvalue weighted by atomic mass is 9.87. The molecule has 0 fully saturated rings. The second-order valence-electron chi connectivity index (χ2n) is 4.17. The summed E-state index contributed by atoms with van der Waals surface area (Å²) in [5.41, 5.74) is 7.32. The van der Waals surface area contributed by atoms with Crippen molar-refractivity contribution < 1.29 is 0 Å². The Kier molecular flexibility index (Phi) is 3.97. The summed E-state index contributed by atoms with van der Waals surface area (Å²) < 4.78 is 0. The Morgan fingerprint density at radius 2 is 1.86 bits per heavy atom. The fourth-order valence-corrected chi connectivity index (χ4v) is 1.79. The first kappa shape index (κ1) is 11.5. The second-order valence-corrected chi connectivity index (χ2v) is 4.60. The van der Waals surface area contributed by atoms with Gasteiger partial charge < -0.3 is 5.73 Å². The van der Waals surface area contributed by atoms with Crippen molar-refractivity contribution in [1.82, 2.24) is 0 Å². The highest BCUT2D eigenvalue weighted by atomic mass is 35.5. The number of hydrogen-bond acceptors (Lipinski definition) is 1. The first-order chi connectivity index (χ1) is 6.52. The zero-order valence-corrected chi connectivity index (χ0v) is 9.75. The molecule has 78 valence electrons. The lowest BCUT2D eigenvalue weighted by Gasteiger charge is -2.23. The average Bonchev–Trinajstić information content (AvgIpc) is 2.15. The van der Waals surface area contributed by atoms with E-state index in [1.54, 1.807) is 0 Å². The van der Waals surface area contributed by atoms with Crippen LogP contribution in [0.25, 0.3) is 0 Å². The zero-order valence-electron chi connectivity index (χ0n) is 9.00. The Morgan fingerprint density at radius 1 is 1.21 bits per heavy atom. The third-order valence-electron chi connectivity index (χ3n) is 2.72. The number of benzene rings is 1. The second kappa shape index (κ2) is 4.81. The van der Waals surface area contributed by atoms with Crippen molar-refractivity contribution in [2.45, 2.75) is 32.7 Å². The predicted octanol–water partition coefficient (Wildman–Crippen LogP) is 3.43. The van der Waals surface area contributed by atoms with E-state index < -0.39 is 0 Å². The molecule has 2 heteroatoms. The summed E-state index contributed by atoms with van der Waals surface area (Å²) in [4.78, 5) is 0. The van der Waals surface area contributed by atoms with Gasteiger partial charge in [0.15, 0.2) is 0 Å². The highest BCUT2D eigenvalue weighted by molar-refractivity contribution is 6.30. The molecule has 1 aromatic rings. The van der Waals surface area contributed by atoms with Gasteiger partial charge in [0.05, 0.1) is 0 Å². The molecule has 2 unspecified atom stereocenters. The van der Waals surface area contributed by atoms with Crippen LogP contribution >= 0.6 is 11.6 Å². The van der Waals surface area contributed by atoms with Crippen molar-refractivity contribution in [2.24, 2.45) is 11.7 Å². The topological polar surface area (TPSA) is 26.0 Å². The number of rotatable bonds is 3. The molecule has 0 radical (unpaired) electrons. The van der Waals surface area contributed by atoms with E-state index in [4.69, 9.17) is 17.3 Å². The van der Waals surface area contributed by atoms with Gasteiger partial charge in [-0.05, 0) is 29.5 Å². The van der Waals surface area contributed by atoms with E-state index in [0.29, 0.717) is 11.8 Å². The summed E-state index contributed by atoms with van der Waals surface area (Å²) in [5.74, 6) is 0.845. The van der Waals surface area contributed by atoms with E-state index in [1.807, 2.05) is 18.2 Å². The quantitative estimate of drug-likeness (QED) is 0.815. The largest absolute Gasteiger partial charge is 0.327 e. The van der Waals surface area contributed by atoms with E-state index >= 15 is 0 Å². The maximum absolute atomic E-state index is 6.10. The van der Waals surface area contributed by atoms with Gasteiger partial charge in [-0.15, -0.1) is 0 Å². The summed E-state index contributed by atoms with van der Waals surface area (Å²) >= 11 is 5.93. The van der Waals surface area contributed by atoms with Crippen molar-refractivity contribution in [3.8, 4) is 0 Å². The van der Waals surface area contributed by atoms with Gasteiger partial charge in [-0.2, -0.15) is 0 Å². The number of hydrogen-bond donors (Lipinski definition) is 1. The van der Waals surface area contributed by atoms with Crippen LogP contribution in [-0.4, -0.2) is 6.04 Å². The molecule has 0 amide bonds. The lowest BCUT2D eigenvalue weighted by molar-refractivity contribution is 0.434. The summed E-state index contributed by atoms with van der Waals surface area (Å²) in [6, 6.07) is 8.13. The highest BCUT2D eigenvalue weighted by Gasteiger charge is 2.17. The third kappa shape index (κ3) is 2.73. The van der Waals surface area contributed by atoms with Gasteiger partial charge in [-0.25, -0.2) is 0 Å². The first-order valence-corrected chi connectivity index (χ1v) is 5.41. The molecule has 0 spiro atoms. The minimum Gasteiger partial charge on any atom is -0.327 e. The molecule has 2 atom stereocenters. The molecule has 1 aromatic carbocycles. The molecule has 1 rings (SSSR count). The van der Waals surface area contributed by atoms with Gasteiger partial charge in [0, 0.05) is 11.1 Å². The van der Waals surface area contributed by atoms with Gasteiger partial charge >= 0.3 is 0 Å². The average molecular weight is 212 g/mol. The van der Waals surface area contributed by atoms with Gasteiger partial charge in [0.1, 0.15) is 0 Å². The van der Waals surface area contributed by atoms with E-state index in [2.05, 4.69) is 26.8 Å². The Labute approximate surface area is 91.3 Å². The molecule has 0 aliphatic heterocycles. The Morgan fingerprint density at radius 3 is 2.36 bits per heavy atom. The van der Waals surface area contributed by atoms with Crippen molar-refractivity contribution >= 4 is 11.6 Å². The SMILES string of the molecule is CC(C)C(N)C(C)c1cccc(Cl)c1. The molecule has 1 nitrogen and oxygen atoms in total. The monoisotopic (exact) mass is 211 g/mol. The highest BCUT2D eigenvalue weighted by Crippen LogP contribution is 2.24. The molecule has 2 N–H and O–H groups in total. The zero-order chi connectivity index (χ0) is 10.7.